The number of hydrogen-bond donors (Lipinski definition) is 1. The number of carbonyl (C=O) groups excluding carboxylic acids is 2. The lowest BCUT2D eigenvalue weighted by molar-refractivity contribution is -0.145. The van der Waals surface area contributed by atoms with E-state index in [1.165, 1.54) is 11.3 Å². The Kier molecular flexibility index (Phi) is 7.81. The average molecular weight is 491 g/mol. The lowest BCUT2D eigenvalue weighted by atomic mass is 10.2. The zero-order valence-electron chi connectivity index (χ0n) is 16.1. The molecule has 0 spiro atoms. The summed E-state index contributed by atoms with van der Waals surface area (Å²) < 4.78 is 16.8. The summed E-state index contributed by atoms with van der Waals surface area (Å²) in [4.78, 5) is 28.2. The highest BCUT2D eigenvalue weighted by molar-refractivity contribution is 9.10. The maximum absolute atomic E-state index is 11.9. The largest absolute Gasteiger partial charge is 0.496 e. The molecule has 1 amide bonds. The van der Waals surface area contributed by atoms with Gasteiger partial charge in [0.15, 0.2) is 6.61 Å². The fourth-order valence-corrected chi connectivity index (χ4v) is 3.62. The van der Waals surface area contributed by atoms with Crippen molar-refractivity contribution in [2.24, 2.45) is 0 Å². The quantitative estimate of drug-likeness (QED) is 0.458. The lowest BCUT2D eigenvalue weighted by Gasteiger charge is -2.07. The standard InChI is InChI=1S/C21H19BrN2O5S/c1-27-18-8-7-14(22)9-17(18)21-24-15(13-30-21)11-29-20(26)10-23-19(25)12-28-16-5-3-2-4-6-16/h2-9,13H,10-12H2,1H3,(H,23,25). The zero-order valence-corrected chi connectivity index (χ0v) is 18.5. The Morgan fingerprint density at radius 1 is 1.17 bits per heavy atom. The third kappa shape index (κ3) is 6.30. The molecule has 0 radical (unpaired) electrons. The first-order chi connectivity index (χ1) is 14.5. The third-order valence-corrected chi connectivity index (χ3v) is 5.29. The monoisotopic (exact) mass is 490 g/mol. The normalized spacial score (nSPS) is 10.3. The number of carbonyl (C=O) groups is 2. The van der Waals surface area contributed by atoms with Crippen molar-refractivity contribution in [1.82, 2.24) is 10.3 Å². The fraction of sp³-hybridized carbons (Fsp3) is 0.190. The molecule has 9 heteroatoms. The number of nitrogens with one attached hydrogen (secondary N) is 1. The van der Waals surface area contributed by atoms with Crippen LogP contribution in [0, 0.1) is 0 Å². The van der Waals surface area contributed by atoms with Crippen LogP contribution in [0.1, 0.15) is 5.69 Å². The van der Waals surface area contributed by atoms with Gasteiger partial charge in [0.2, 0.25) is 0 Å². The summed E-state index contributed by atoms with van der Waals surface area (Å²) in [6.07, 6.45) is 0. The molecule has 0 aliphatic carbocycles. The van der Waals surface area contributed by atoms with Crippen molar-refractivity contribution in [3.05, 3.63) is 64.1 Å². The van der Waals surface area contributed by atoms with E-state index >= 15 is 0 Å². The third-order valence-electron chi connectivity index (χ3n) is 3.87. The molecule has 1 aromatic heterocycles. The number of ether oxygens (including phenoxy) is 3. The van der Waals surface area contributed by atoms with E-state index in [4.69, 9.17) is 14.2 Å². The van der Waals surface area contributed by atoms with Gasteiger partial charge in [-0.1, -0.05) is 34.1 Å². The fourth-order valence-electron chi connectivity index (χ4n) is 2.44. The Morgan fingerprint density at radius 3 is 2.73 bits per heavy atom. The zero-order chi connectivity index (χ0) is 21.3. The molecule has 30 heavy (non-hydrogen) atoms. The molecular weight excluding hydrogens is 472 g/mol. The van der Waals surface area contributed by atoms with Gasteiger partial charge in [0, 0.05) is 9.85 Å². The molecule has 0 unspecified atom stereocenters. The molecule has 7 nitrogen and oxygen atoms in total. The number of benzene rings is 2. The van der Waals surface area contributed by atoms with E-state index < -0.39 is 11.9 Å². The highest BCUT2D eigenvalue weighted by Crippen LogP contribution is 2.34. The van der Waals surface area contributed by atoms with Crippen LogP contribution in [0.15, 0.2) is 58.4 Å². The molecule has 0 fully saturated rings. The first-order valence-electron chi connectivity index (χ1n) is 8.93. The van der Waals surface area contributed by atoms with Gasteiger partial charge in [-0.05, 0) is 30.3 Å². The van der Waals surface area contributed by atoms with Crippen LogP contribution in [0.4, 0.5) is 0 Å². The van der Waals surface area contributed by atoms with Gasteiger partial charge in [0.25, 0.3) is 5.91 Å². The van der Waals surface area contributed by atoms with Gasteiger partial charge in [-0.15, -0.1) is 11.3 Å². The van der Waals surface area contributed by atoms with Gasteiger partial charge in [0.1, 0.15) is 29.7 Å². The van der Waals surface area contributed by atoms with Crippen LogP contribution in [0.3, 0.4) is 0 Å². The number of nitrogens with zero attached hydrogens (tertiary/aromatic N) is 1. The number of rotatable bonds is 9. The van der Waals surface area contributed by atoms with Crippen molar-refractivity contribution in [3.63, 3.8) is 0 Å². The molecule has 3 rings (SSSR count). The molecule has 156 valence electrons. The Balaban J connectivity index is 1.44. The lowest BCUT2D eigenvalue weighted by Crippen LogP contribution is -2.34. The second-order valence-electron chi connectivity index (χ2n) is 6.03. The number of halogens is 1. The topological polar surface area (TPSA) is 86.8 Å². The van der Waals surface area contributed by atoms with Crippen LogP contribution >= 0.6 is 27.3 Å². The van der Waals surface area contributed by atoms with Crippen LogP contribution < -0.4 is 14.8 Å². The van der Waals surface area contributed by atoms with E-state index in [-0.39, 0.29) is 19.8 Å². The second kappa shape index (κ2) is 10.7. The van der Waals surface area contributed by atoms with E-state index in [2.05, 4.69) is 26.2 Å². The molecule has 3 aromatic rings. The molecule has 1 N–H and O–H groups in total. The summed E-state index contributed by atoms with van der Waals surface area (Å²) in [5.41, 5.74) is 1.46. The Hall–Kier alpha value is -2.91. The summed E-state index contributed by atoms with van der Waals surface area (Å²) >= 11 is 4.87. The van der Waals surface area contributed by atoms with E-state index in [0.29, 0.717) is 17.2 Å². The summed E-state index contributed by atoms with van der Waals surface area (Å²) in [7, 11) is 1.60. The molecule has 0 bridgehead atoms. The predicted octanol–water partition coefficient (Wildman–Crippen LogP) is 3.82. The minimum absolute atomic E-state index is 0.0159. The van der Waals surface area contributed by atoms with Gasteiger partial charge < -0.3 is 19.5 Å². The van der Waals surface area contributed by atoms with Crippen LogP contribution in [-0.2, 0) is 20.9 Å². The summed E-state index contributed by atoms with van der Waals surface area (Å²) in [5, 5.41) is 5.03. The van der Waals surface area contributed by atoms with Crippen molar-refractivity contribution < 1.29 is 23.8 Å². The Labute approximate surface area is 186 Å². The van der Waals surface area contributed by atoms with Crippen LogP contribution in [-0.4, -0.2) is 37.1 Å². The van der Waals surface area contributed by atoms with Gasteiger partial charge in [-0.3, -0.25) is 9.59 Å². The minimum Gasteiger partial charge on any atom is -0.496 e. The van der Waals surface area contributed by atoms with Crippen LogP contribution in [0.25, 0.3) is 10.6 Å². The number of hydrogen-bond acceptors (Lipinski definition) is 7. The van der Waals surface area contributed by atoms with E-state index in [0.717, 1.165) is 15.0 Å². The maximum atomic E-state index is 11.9. The van der Waals surface area contributed by atoms with Crippen molar-refractivity contribution in [1.29, 1.82) is 0 Å². The number of methoxy groups -OCH3 is 1. The SMILES string of the molecule is COc1ccc(Br)cc1-c1nc(COC(=O)CNC(=O)COc2ccccc2)cs1. The van der Waals surface area contributed by atoms with Gasteiger partial charge in [-0.25, -0.2) is 4.98 Å². The first kappa shape index (κ1) is 21.8. The predicted molar refractivity (Wildman–Crippen MR) is 117 cm³/mol. The maximum Gasteiger partial charge on any atom is 0.325 e. The Bertz CT molecular complexity index is 1010. The number of amides is 1. The summed E-state index contributed by atoms with van der Waals surface area (Å²) in [5.74, 6) is 0.319. The Morgan fingerprint density at radius 2 is 1.97 bits per heavy atom. The van der Waals surface area contributed by atoms with Crippen molar-refractivity contribution >= 4 is 39.1 Å². The molecule has 0 aliphatic rings. The molecule has 1 heterocycles. The summed E-state index contributed by atoms with van der Waals surface area (Å²) in [6, 6.07) is 14.6. The minimum atomic E-state index is -0.558. The van der Waals surface area contributed by atoms with Gasteiger partial charge in [0.05, 0.1) is 18.4 Å². The number of para-hydroxylation sites is 1. The average Bonchev–Trinajstić information content (AvgIpc) is 3.24. The van der Waals surface area contributed by atoms with E-state index in [1.54, 1.807) is 31.4 Å². The molecule has 0 atom stereocenters. The van der Waals surface area contributed by atoms with E-state index in [1.807, 2.05) is 29.6 Å². The summed E-state index contributed by atoms with van der Waals surface area (Å²) in [6.45, 7) is -0.406. The molecule has 0 saturated carbocycles. The second-order valence-corrected chi connectivity index (χ2v) is 7.80. The van der Waals surface area contributed by atoms with Gasteiger partial charge in [-0.2, -0.15) is 0 Å². The highest BCUT2D eigenvalue weighted by atomic mass is 79.9. The number of aromatic nitrogens is 1. The van der Waals surface area contributed by atoms with Crippen molar-refractivity contribution in [3.8, 4) is 22.1 Å². The van der Waals surface area contributed by atoms with E-state index in [9.17, 15) is 9.59 Å². The number of esters is 1. The van der Waals surface area contributed by atoms with Crippen molar-refractivity contribution in [2.75, 3.05) is 20.3 Å². The highest BCUT2D eigenvalue weighted by Gasteiger charge is 2.13. The molecule has 2 aromatic carbocycles. The molecule has 0 aliphatic heterocycles. The number of thiazole rings is 1. The van der Waals surface area contributed by atoms with Crippen LogP contribution in [0.5, 0.6) is 11.5 Å². The molecular formula is C21H19BrN2O5S. The van der Waals surface area contributed by atoms with Crippen LogP contribution in [0.2, 0.25) is 0 Å². The molecule has 0 saturated heterocycles. The smallest absolute Gasteiger partial charge is 0.325 e. The van der Waals surface area contributed by atoms with Gasteiger partial charge >= 0.3 is 5.97 Å². The first-order valence-corrected chi connectivity index (χ1v) is 10.6. The van der Waals surface area contributed by atoms with Crippen molar-refractivity contribution in [2.45, 2.75) is 6.61 Å².